The van der Waals surface area contributed by atoms with Gasteiger partial charge in [-0.1, -0.05) is 12.1 Å². The zero-order valence-electron chi connectivity index (χ0n) is 11.5. The summed E-state index contributed by atoms with van der Waals surface area (Å²) in [7, 11) is 0. The molecule has 0 spiro atoms. The topological polar surface area (TPSA) is 90.3 Å². The molecule has 0 bridgehead atoms. The molecule has 1 N–H and O–H groups in total. The minimum Gasteiger partial charge on any atom is -0.325 e. The molecule has 1 saturated heterocycles. The first-order valence-corrected chi connectivity index (χ1v) is 6.74. The predicted octanol–water partition coefficient (Wildman–Crippen LogP) is 1.43. The smallest absolute Gasteiger partial charge is 0.229 e. The van der Waals surface area contributed by atoms with E-state index in [9.17, 15) is 14.4 Å². The number of hydrogen-bond acceptors (Lipinski definition) is 4. The highest BCUT2D eigenvalue weighted by Crippen LogP contribution is 2.15. The molecule has 1 aromatic rings. The van der Waals surface area contributed by atoms with E-state index in [1.165, 1.54) is 0 Å². The number of carbonyl (C=O) groups is 3. The van der Waals surface area contributed by atoms with Crippen molar-refractivity contribution in [2.45, 2.75) is 25.7 Å². The third-order valence-corrected chi connectivity index (χ3v) is 3.27. The van der Waals surface area contributed by atoms with Crippen LogP contribution in [-0.4, -0.2) is 29.2 Å². The first-order chi connectivity index (χ1) is 10.1. The van der Waals surface area contributed by atoms with E-state index in [-0.39, 0.29) is 30.7 Å². The summed E-state index contributed by atoms with van der Waals surface area (Å²) in [6.45, 7) is 0.0816. The molecule has 0 aliphatic carbocycles. The number of nitrogens with zero attached hydrogens (tertiary/aromatic N) is 2. The van der Waals surface area contributed by atoms with Gasteiger partial charge in [0, 0.05) is 25.8 Å². The number of likely N-dealkylation sites (tertiary alicyclic amines) is 1. The molecule has 1 aromatic carbocycles. The molecule has 0 radical (unpaired) electrons. The Morgan fingerprint density at radius 1 is 1.24 bits per heavy atom. The number of imide groups is 1. The van der Waals surface area contributed by atoms with Crippen LogP contribution in [-0.2, 0) is 14.4 Å². The summed E-state index contributed by atoms with van der Waals surface area (Å²) in [4.78, 5) is 36.2. The molecular weight excluding hydrogens is 270 g/mol. The maximum Gasteiger partial charge on any atom is 0.229 e. The van der Waals surface area contributed by atoms with Crippen molar-refractivity contribution in [1.29, 1.82) is 5.26 Å². The van der Waals surface area contributed by atoms with Gasteiger partial charge in [-0.3, -0.25) is 19.3 Å². The number of anilines is 1. The number of para-hydroxylation sites is 1. The van der Waals surface area contributed by atoms with Gasteiger partial charge < -0.3 is 5.32 Å². The number of nitrogens with one attached hydrogen (secondary N) is 1. The molecule has 0 aromatic heterocycles. The monoisotopic (exact) mass is 285 g/mol. The largest absolute Gasteiger partial charge is 0.325 e. The maximum absolute atomic E-state index is 11.9. The molecule has 0 atom stereocenters. The molecule has 0 unspecified atom stereocenters. The minimum absolute atomic E-state index is 0.0250. The van der Waals surface area contributed by atoms with Crippen LogP contribution in [0.5, 0.6) is 0 Å². The zero-order chi connectivity index (χ0) is 15.2. The van der Waals surface area contributed by atoms with Gasteiger partial charge in [-0.25, -0.2) is 0 Å². The first kappa shape index (κ1) is 14.7. The molecule has 21 heavy (non-hydrogen) atoms. The van der Waals surface area contributed by atoms with Gasteiger partial charge in [-0.05, 0) is 18.6 Å². The number of benzene rings is 1. The lowest BCUT2D eigenvalue weighted by Crippen LogP contribution is -2.41. The van der Waals surface area contributed by atoms with Crippen LogP contribution in [0, 0.1) is 11.3 Å². The van der Waals surface area contributed by atoms with Crippen LogP contribution in [0.1, 0.15) is 31.2 Å². The third kappa shape index (κ3) is 3.66. The quantitative estimate of drug-likeness (QED) is 0.847. The zero-order valence-corrected chi connectivity index (χ0v) is 11.5. The van der Waals surface area contributed by atoms with Gasteiger partial charge in [-0.15, -0.1) is 0 Å². The van der Waals surface area contributed by atoms with Crippen LogP contribution in [0.3, 0.4) is 0 Å². The summed E-state index contributed by atoms with van der Waals surface area (Å²) >= 11 is 0. The number of nitriles is 1. The Balaban J connectivity index is 1.92. The lowest BCUT2D eigenvalue weighted by Gasteiger charge is -2.24. The minimum atomic E-state index is -0.330. The fraction of sp³-hybridized carbons (Fsp3) is 0.333. The highest BCUT2D eigenvalue weighted by molar-refractivity contribution is 5.98. The average Bonchev–Trinajstić information content (AvgIpc) is 2.47. The standard InChI is InChI=1S/C15H15N3O3/c16-10-11-4-1-2-5-12(11)17-13(19)8-9-18-14(20)6-3-7-15(18)21/h1-2,4-5H,3,6-9H2,(H,17,19). The SMILES string of the molecule is N#Cc1ccccc1NC(=O)CCN1C(=O)CCCC1=O. The van der Waals surface area contributed by atoms with Crippen LogP contribution >= 0.6 is 0 Å². The van der Waals surface area contributed by atoms with E-state index >= 15 is 0 Å². The fourth-order valence-corrected chi connectivity index (χ4v) is 2.16. The Hall–Kier alpha value is -2.68. The fourth-order valence-electron chi connectivity index (χ4n) is 2.16. The lowest BCUT2D eigenvalue weighted by atomic mass is 10.1. The van der Waals surface area contributed by atoms with Gasteiger partial charge in [0.1, 0.15) is 6.07 Å². The van der Waals surface area contributed by atoms with Gasteiger partial charge in [0.25, 0.3) is 0 Å². The van der Waals surface area contributed by atoms with Crippen LogP contribution in [0.15, 0.2) is 24.3 Å². The molecule has 108 valence electrons. The summed E-state index contributed by atoms with van der Waals surface area (Å²) in [6, 6.07) is 8.65. The lowest BCUT2D eigenvalue weighted by molar-refractivity contribution is -0.148. The van der Waals surface area contributed by atoms with Crippen molar-refractivity contribution in [2.24, 2.45) is 0 Å². The predicted molar refractivity (Wildman–Crippen MR) is 75.0 cm³/mol. The van der Waals surface area contributed by atoms with E-state index in [0.717, 1.165) is 4.90 Å². The Bertz CT molecular complexity index is 603. The Kier molecular flexibility index (Phi) is 4.67. The van der Waals surface area contributed by atoms with Crippen molar-refractivity contribution in [3.05, 3.63) is 29.8 Å². The molecule has 1 aliphatic rings. The van der Waals surface area contributed by atoms with Crippen molar-refractivity contribution in [2.75, 3.05) is 11.9 Å². The summed E-state index contributed by atoms with van der Waals surface area (Å²) < 4.78 is 0. The molecule has 1 fully saturated rings. The Labute approximate surface area is 122 Å². The van der Waals surface area contributed by atoms with Crippen LogP contribution in [0.2, 0.25) is 0 Å². The second-order valence-corrected chi connectivity index (χ2v) is 4.75. The van der Waals surface area contributed by atoms with Crippen LogP contribution in [0.4, 0.5) is 5.69 Å². The summed E-state index contributed by atoms with van der Waals surface area (Å²) in [5.41, 5.74) is 0.803. The first-order valence-electron chi connectivity index (χ1n) is 6.74. The summed E-state index contributed by atoms with van der Waals surface area (Å²) in [6.07, 6.45) is 1.31. The third-order valence-electron chi connectivity index (χ3n) is 3.27. The van der Waals surface area contributed by atoms with Gasteiger partial charge in [0.15, 0.2) is 0 Å². The van der Waals surface area contributed by atoms with Gasteiger partial charge in [0.05, 0.1) is 11.3 Å². The van der Waals surface area contributed by atoms with Crippen molar-refractivity contribution >= 4 is 23.4 Å². The van der Waals surface area contributed by atoms with E-state index in [2.05, 4.69) is 5.32 Å². The average molecular weight is 285 g/mol. The Morgan fingerprint density at radius 2 is 1.90 bits per heavy atom. The molecule has 1 heterocycles. The second kappa shape index (κ2) is 6.66. The number of piperidine rings is 1. The number of rotatable bonds is 4. The van der Waals surface area contributed by atoms with Crippen LogP contribution in [0.25, 0.3) is 0 Å². The molecule has 2 rings (SSSR count). The highest BCUT2D eigenvalue weighted by Gasteiger charge is 2.25. The molecule has 1 aliphatic heterocycles. The van der Waals surface area contributed by atoms with E-state index in [4.69, 9.17) is 5.26 Å². The molecule has 3 amide bonds. The van der Waals surface area contributed by atoms with Crippen molar-refractivity contribution in [1.82, 2.24) is 4.90 Å². The van der Waals surface area contributed by atoms with Crippen molar-refractivity contribution in [3.8, 4) is 6.07 Å². The summed E-state index contributed by atoms with van der Waals surface area (Å²) in [5.74, 6) is -0.781. The number of hydrogen-bond donors (Lipinski definition) is 1. The molecular formula is C15H15N3O3. The van der Waals surface area contributed by atoms with Gasteiger partial charge in [0.2, 0.25) is 17.7 Å². The highest BCUT2D eigenvalue weighted by atomic mass is 16.2. The van der Waals surface area contributed by atoms with E-state index in [1.54, 1.807) is 24.3 Å². The van der Waals surface area contributed by atoms with Crippen molar-refractivity contribution in [3.63, 3.8) is 0 Å². The van der Waals surface area contributed by atoms with Crippen LogP contribution < -0.4 is 5.32 Å². The molecule has 6 nitrogen and oxygen atoms in total. The van der Waals surface area contributed by atoms with E-state index in [1.807, 2.05) is 6.07 Å². The second-order valence-electron chi connectivity index (χ2n) is 4.75. The molecule has 0 saturated carbocycles. The van der Waals surface area contributed by atoms with Gasteiger partial charge in [-0.2, -0.15) is 5.26 Å². The normalized spacial score (nSPS) is 14.7. The molecule has 6 heteroatoms. The summed E-state index contributed by atoms with van der Waals surface area (Å²) in [5, 5.41) is 11.6. The van der Waals surface area contributed by atoms with Crippen molar-refractivity contribution < 1.29 is 14.4 Å². The van der Waals surface area contributed by atoms with E-state index in [0.29, 0.717) is 30.5 Å². The van der Waals surface area contributed by atoms with E-state index < -0.39 is 0 Å². The van der Waals surface area contributed by atoms with Gasteiger partial charge >= 0.3 is 0 Å². The Morgan fingerprint density at radius 3 is 2.57 bits per heavy atom. The number of amides is 3. The maximum atomic E-state index is 11.9. The number of carbonyl (C=O) groups excluding carboxylic acids is 3.